The van der Waals surface area contributed by atoms with E-state index in [1.807, 2.05) is 99.6 Å². The second-order valence-electron chi connectivity index (χ2n) is 12.6. The first-order chi connectivity index (χ1) is 20.6. The molecule has 0 spiro atoms. The van der Waals surface area contributed by atoms with Gasteiger partial charge >= 0.3 is 11.7 Å². The summed E-state index contributed by atoms with van der Waals surface area (Å²) in [6.45, 7) is 6.05. The minimum atomic E-state index is -0.822. The van der Waals surface area contributed by atoms with Crippen molar-refractivity contribution in [1.29, 1.82) is 0 Å². The lowest BCUT2D eigenvalue weighted by Gasteiger charge is -2.27. The van der Waals surface area contributed by atoms with E-state index in [4.69, 9.17) is 4.42 Å². The monoisotopic (exact) mass is 581 g/mol. The van der Waals surface area contributed by atoms with E-state index < -0.39 is 23.1 Å². The van der Waals surface area contributed by atoms with Gasteiger partial charge in [0.25, 0.3) is 0 Å². The van der Waals surface area contributed by atoms with Crippen molar-refractivity contribution in [2.24, 2.45) is 17.3 Å². The van der Waals surface area contributed by atoms with E-state index >= 15 is 0 Å². The number of nitrogens with one attached hydrogen (secondary N) is 1. The Morgan fingerprint density at radius 3 is 2.33 bits per heavy atom. The molecule has 0 aliphatic heterocycles. The summed E-state index contributed by atoms with van der Waals surface area (Å²) in [5.74, 6) is -1.76. The summed E-state index contributed by atoms with van der Waals surface area (Å²) in [5, 5.41) is 17.3. The lowest BCUT2D eigenvalue weighted by molar-refractivity contribution is -0.145. The van der Waals surface area contributed by atoms with Crippen molar-refractivity contribution in [3.05, 3.63) is 106 Å². The molecule has 2 N–H and O–H groups in total. The number of nitrogens with zero attached hydrogens (tertiary/aromatic N) is 2. The fraction of sp³-hybridized carbons (Fsp3) is 0.371. The number of carboxylic acids is 1. The molecule has 1 heterocycles. The highest BCUT2D eigenvalue weighted by Crippen LogP contribution is 2.38. The number of amides is 1. The molecule has 5 rings (SSSR count). The van der Waals surface area contributed by atoms with Gasteiger partial charge in [-0.25, -0.2) is 4.79 Å². The number of hydrogen-bond acceptors (Lipinski definition) is 5. The highest BCUT2D eigenvalue weighted by atomic mass is 16.4. The molecule has 1 aromatic heterocycles. The molecular formula is C35H39N3O5. The van der Waals surface area contributed by atoms with Crippen LogP contribution in [-0.2, 0) is 22.6 Å². The maximum atomic E-state index is 13.8. The van der Waals surface area contributed by atoms with Crippen LogP contribution in [0.3, 0.4) is 0 Å². The topological polar surface area (TPSA) is 114 Å². The molecule has 4 aromatic rings. The van der Waals surface area contributed by atoms with Gasteiger partial charge in [0.1, 0.15) is 0 Å². The fourth-order valence-electron chi connectivity index (χ4n) is 6.03. The third-order valence-electron chi connectivity index (χ3n) is 8.43. The van der Waals surface area contributed by atoms with Gasteiger partial charge in [0.05, 0.1) is 18.4 Å². The Kier molecular flexibility index (Phi) is 8.94. The number of hydrogen-bond donors (Lipinski definition) is 2. The van der Waals surface area contributed by atoms with Gasteiger partial charge in [0, 0.05) is 11.3 Å². The molecule has 0 bridgehead atoms. The van der Waals surface area contributed by atoms with Crippen LogP contribution in [0.5, 0.6) is 0 Å². The zero-order valence-corrected chi connectivity index (χ0v) is 25.0. The van der Waals surface area contributed by atoms with E-state index in [0.29, 0.717) is 12.1 Å². The van der Waals surface area contributed by atoms with E-state index in [1.54, 1.807) is 0 Å². The van der Waals surface area contributed by atoms with Crippen molar-refractivity contribution in [2.45, 2.75) is 65.3 Å². The third-order valence-corrected chi connectivity index (χ3v) is 8.43. The van der Waals surface area contributed by atoms with Gasteiger partial charge in [-0.15, -0.1) is 5.10 Å². The van der Waals surface area contributed by atoms with Crippen molar-refractivity contribution in [3.8, 4) is 11.5 Å². The second-order valence-corrected chi connectivity index (χ2v) is 12.6. The van der Waals surface area contributed by atoms with E-state index in [-0.39, 0.29) is 30.2 Å². The molecule has 3 aromatic carbocycles. The molecule has 2 atom stereocenters. The standard InChI is InChI=1S/C35H39N3O5/c1-35(2,3)29(33(40)41)21-24-10-9-15-28(20-24)36-31(39)30(25-11-7-8-12-25)26-18-16-23(17-19-26)22-38-34(42)43-32(37-38)27-13-5-4-6-14-27/h4-6,9-10,13-20,25,29-30H,7-8,11-12,21-22H2,1-3H3,(H,36,39)(H,40,41). The molecule has 0 saturated heterocycles. The SMILES string of the molecule is CC(C)(C)C(Cc1cccc(NC(=O)C(c2ccc(Cn3nc(-c4ccccc4)oc3=O)cc2)C2CCCC2)c1)C(=O)O. The van der Waals surface area contributed by atoms with Crippen molar-refractivity contribution < 1.29 is 19.1 Å². The molecule has 2 unspecified atom stereocenters. The quantitative estimate of drug-likeness (QED) is 0.214. The average Bonchev–Trinajstić information content (AvgIpc) is 3.63. The first-order valence-corrected chi connectivity index (χ1v) is 14.9. The van der Waals surface area contributed by atoms with E-state index in [0.717, 1.165) is 47.9 Å². The predicted molar refractivity (Wildman–Crippen MR) is 166 cm³/mol. The average molecular weight is 582 g/mol. The normalized spacial score (nSPS) is 15.2. The number of carboxylic acid groups (broad SMARTS) is 1. The maximum Gasteiger partial charge on any atom is 0.437 e. The van der Waals surface area contributed by atoms with Gasteiger partial charge in [0.15, 0.2) is 0 Å². The van der Waals surface area contributed by atoms with E-state index in [1.165, 1.54) is 4.68 Å². The van der Waals surface area contributed by atoms with Crippen molar-refractivity contribution >= 4 is 17.6 Å². The second kappa shape index (κ2) is 12.8. The Balaban J connectivity index is 1.32. The minimum absolute atomic E-state index is 0.0670. The van der Waals surface area contributed by atoms with E-state index in [9.17, 15) is 19.5 Å². The number of rotatable bonds is 10. The molecule has 0 radical (unpaired) electrons. The van der Waals surface area contributed by atoms with Crippen LogP contribution < -0.4 is 11.1 Å². The van der Waals surface area contributed by atoms with Gasteiger partial charge in [-0.05, 0) is 71.6 Å². The number of aromatic nitrogens is 2. The molecule has 1 aliphatic carbocycles. The Labute approximate surface area is 251 Å². The Morgan fingerprint density at radius 1 is 0.977 bits per heavy atom. The number of carbonyl (C=O) groups excluding carboxylic acids is 1. The summed E-state index contributed by atoms with van der Waals surface area (Å²) in [6.07, 6.45) is 4.57. The lowest BCUT2D eigenvalue weighted by atomic mass is 9.77. The van der Waals surface area contributed by atoms with Crippen LogP contribution in [0, 0.1) is 17.3 Å². The summed E-state index contributed by atoms with van der Waals surface area (Å²) >= 11 is 0. The summed E-state index contributed by atoms with van der Waals surface area (Å²) in [7, 11) is 0. The predicted octanol–water partition coefficient (Wildman–Crippen LogP) is 6.75. The van der Waals surface area contributed by atoms with Gasteiger partial charge in [0.2, 0.25) is 11.8 Å². The molecule has 1 fully saturated rings. The van der Waals surface area contributed by atoms with Crippen LogP contribution in [0.4, 0.5) is 5.69 Å². The van der Waals surface area contributed by atoms with Gasteiger partial charge in [-0.3, -0.25) is 9.59 Å². The summed E-state index contributed by atoms with van der Waals surface area (Å²) in [6, 6.07) is 24.6. The van der Waals surface area contributed by atoms with Crippen LogP contribution in [0.1, 0.15) is 69.1 Å². The molecule has 8 heteroatoms. The van der Waals surface area contributed by atoms with Crippen LogP contribution in [0.25, 0.3) is 11.5 Å². The Hall–Kier alpha value is -4.46. The molecule has 1 aliphatic rings. The van der Waals surface area contributed by atoms with E-state index in [2.05, 4.69) is 10.4 Å². The zero-order chi connectivity index (χ0) is 30.6. The summed E-state index contributed by atoms with van der Waals surface area (Å²) in [5.41, 5.74) is 3.70. The maximum absolute atomic E-state index is 13.8. The molecular weight excluding hydrogens is 542 g/mol. The highest BCUT2D eigenvalue weighted by molar-refractivity contribution is 5.96. The van der Waals surface area contributed by atoms with Gasteiger partial charge in [-0.2, -0.15) is 4.68 Å². The zero-order valence-electron chi connectivity index (χ0n) is 25.0. The number of anilines is 1. The first-order valence-electron chi connectivity index (χ1n) is 14.9. The minimum Gasteiger partial charge on any atom is -0.481 e. The van der Waals surface area contributed by atoms with Crippen LogP contribution in [0.2, 0.25) is 0 Å². The summed E-state index contributed by atoms with van der Waals surface area (Å²) in [4.78, 5) is 38.1. The van der Waals surface area contributed by atoms with Crippen LogP contribution in [0.15, 0.2) is 88.1 Å². The Morgan fingerprint density at radius 2 is 1.67 bits per heavy atom. The Bertz CT molecular complexity index is 1610. The van der Waals surface area contributed by atoms with Crippen LogP contribution >= 0.6 is 0 Å². The number of benzene rings is 3. The first kappa shape index (κ1) is 30.0. The molecule has 224 valence electrons. The van der Waals surface area contributed by atoms with Gasteiger partial charge < -0.3 is 14.8 Å². The van der Waals surface area contributed by atoms with Crippen LogP contribution in [-0.4, -0.2) is 26.8 Å². The number of aliphatic carboxylic acids is 1. The molecule has 8 nitrogen and oxygen atoms in total. The molecule has 1 amide bonds. The lowest BCUT2D eigenvalue weighted by Crippen LogP contribution is -2.30. The van der Waals surface area contributed by atoms with Crippen molar-refractivity contribution in [2.75, 3.05) is 5.32 Å². The third kappa shape index (κ3) is 7.31. The van der Waals surface area contributed by atoms with Crippen molar-refractivity contribution in [1.82, 2.24) is 9.78 Å². The molecule has 43 heavy (non-hydrogen) atoms. The largest absolute Gasteiger partial charge is 0.481 e. The fourth-order valence-corrected chi connectivity index (χ4v) is 6.03. The number of carbonyl (C=O) groups is 2. The smallest absolute Gasteiger partial charge is 0.437 e. The highest BCUT2D eigenvalue weighted by Gasteiger charge is 2.33. The van der Waals surface area contributed by atoms with Crippen molar-refractivity contribution in [3.63, 3.8) is 0 Å². The summed E-state index contributed by atoms with van der Waals surface area (Å²) < 4.78 is 6.67. The van der Waals surface area contributed by atoms with Gasteiger partial charge in [-0.1, -0.05) is 88.2 Å². The molecule has 1 saturated carbocycles.